The molecular formula is C15H16ClNO2. The fourth-order valence-corrected chi connectivity index (χ4v) is 2.99. The highest BCUT2D eigenvalue weighted by atomic mass is 35.5. The number of furan rings is 1. The Labute approximate surface area is 116 Å². The number of benzene rings is 1. The molecule has 0 bridgehead atoms. The van der Waals surface area contributed by atoms with E-state index in [0.29, 0.717) is 5.56 Å². The van der Waals surface area contributed by atoms with E-state index in [1.54, 1.807) is 0 Å². The van der Waals surface area contributed by atoms with E-state index in [1.807, 2.05) is 24.3 Å². The van der Waals surface area contributed by atoms with E-state index in [-0.39, 0.29) is 17.3 Å². The van der Waals surface area contributed by atoms with E-state index in [9.17, 15) is 4.79 Å². The first-order valence-corrected chi connectivity index (χ1v) is 7.10. The van der Waals surface area contributed by atoms with E-state index in [2.05, 4.69) is 5.32 Å². The van der Waals surface area contributed by atoms with Crippen LogP contribution < -0.4 is 5.32 Å². The average molecular weight is 278 g/mol. The van der Waals surface area contributed by atoms with Gasteiger partial charge in [0.15, 0.2) is 0 Å². The van der Waals surface area contributed by atoms with Crippen molar-refractivity contribution in [2.24, 2.45) is 0 Å². The van der Waals surface area contributed by atoms with Crippen LogP contribution in [0.4, 0.5) is 0 Å². The first-order chi connectivity index (χ1) is 9.25. The molecule has 4 heteroatoms. The summed E-state index contributed by atoms with van der Waals surface area (Å²) in [4.78, 5) is 12.3. The lowest BCUT2D eigenvalue weighted by atomic mass is 9.94. The molecular weight excluding hydrogens is 262 g/mol. The topological polar surface area (TPSA) is 42.2 Å². The zero-order valence-electron chi connectivity index (χ0n) is 10.6. The number of carbonyl (C=O) groups excluding carboxylic acids is 1. The molecule has 1 heterocycles. The molecule has 1 fully saturated rings. The largest absolute Gasteiger partial charge is 0.463 e. The molecule has 1 aliphatic rings. The fourth-order valence-electron chi connectivity index (χ4n) is 2.65. The average Bonchev–Trinajstić information content (AvgIpc) is 2.85. The van der Waals surface area contributed by atoms with Gasteiger partial charge in [0, 0.05) is 11.4 Å². The van der Waals surface area contributed by atoms with Crippen LogP contribution in [0, 0.1) is 0 Å². The Balaban J connectivity index is 1.80. The van der Waals surface area contributed by atoms with Crippen molar-refractivity contribution in [2.45, 2.75) is 37.1 Å². The Morgan fingerprint density at radius 1 is 1.26 bits per heavy atom. The van der Waals surface area contributed by atoms with Gasteiger partial charge in [-0.05, 0) is 18.9 Å². The van der Waals surface area contributed by atoms with Crippen LogP contribution in [-0.4, -0.2) is 17.3 Å². The molecule has 0 spiro atoms. The zero-order chi connectivity index (χ0) is 13.2. The third kappa shape index (κ3) is 2.47. The Morgan fingerprint density at radius 3 is 2.89 bits per heavy atom. The third-order valence-corrected chi connectivity index (χ3v) is 4.25. The normalized spacial score (nSPS) is 23.4. The van der Waals surface area contributed by atoms with E-state index in [0.717, 1.165) is 36.7 Å². The molecule has 2 atom stereocenters. The first-order valence-electron chi connectivity index (χ1n) is 6.67. The van der Waals surface area contributed by atoms with Gasteiger partial charge in [-0.2, -0.15) is 0 Å². The van der Waals surface area contributed by atoms with Crippen molar-refractivity contribution < 1.29 is 9.21 Å². The van der Waals surface area contributed by atoms with Gasteiger partial charge in [-0.15, -0.1) is 11.6 Å². The molecule has 0 radical (unpaired) electrons. The summed E-state index contributed by atoms with van der Waals surface area (Å²) in [5, 5.41) is 3.92. The number of amides is 1. The number of fused-ring (bicyclic) bond motifs is 1. The Bertz CT molecular complexity index is 593. The van der Waals surface area contributed by atoms with Crippen molar-refractivity contribution in [1.29, 1.82) is 0 Å². The highest BCUT2D eigenvalue weighted by Gasteiger charge is 2.25. The summed E-state index contributed by atoms with van der Waals surface area (Å²) in [5.74, 6) is -0.0949. The van der Waals surface area contributed by atoms with E-state index in [4.69, 9.17) is 16.0 Å². The van der Waals surface area contributed by atoms with Crippen LogP contribution in [0.25, 0.3) is 11.0 Å². The number of hydrogen-bond acceptors (Lipinski definition) is 2. The Morgan fingerprint density at radius 2 is 2.05 bits per heavy atom. The smallest absolute Gasteiger partial charge is 0.255 e. The van der Waals surface area contributed by atoms with Crippen molar-refractivity contribution >= 4 is 28.5 Å². The number of nitrogens with one attached hydrogen (secondary N) is 1. The maximum Gasteiger partial charge on any atom is 0.255 e. The molecule has 3 nitrogen and oxygen atoms in total. The number of carbonyl (C=O) groups is 1. The maximum absolute atomic E-state index is 12.3. The van der Waals surface area contributed by atoms with Crippen LogP contribution >= 0.6 is 11.6 Å². The number of alkyl halides is 1. The van der Waals surface area contributed by atoms with Crippen LogP contribution in [0.15, 0.2) is 34.9 Å². The third-order valence-electron chi connectivity index (χ3n) is 3.72. The molecule has 2 unspecified atom stereocenters. The highest BCUT2D eigenvalue weighted by Crippen LogP contribution is 2.25. The molecule has 1 aromatic carbocycles. The fraction of sp³-hybridized carbons (Fsp3) is 0.400. The van der Waals surface area contributed by atoms with Crippen LogP contribution in [-0.2, 0) is 0 Å². The van der Waals surface area contributed by atoms with Gasteiger partial charge in [-0.3, -0.25) is 4.79 Å². The first kappa shape index (κ1) is 12.5. The molecule has 1 aliphatic carbocycles. The second kappa shape index (κ2) is 5.25. The monoisotopic (exact) mass is 277 g/mol. The molecule has 0 aliphatic heterocycles. The minimum Gasteiger partial charge on any atom is -0.463 e. The lowest BCUT2D eigenvalue weighted by Gasteiger charge is -2.27. The Hall–Kier alpha value is -1.48. The van der Waals surface area contributed by atoms with Gasteiger partial charge in [0.2, 0.25) is 0 Å². The lowest BCUT2D eigenvalue weighted by molar-refractivity contribution is 0.0929. The van der Waals surface area contributed by atoms with Crippen molar-refractivity contribution in [3.63, 3.8) is 0 Å². The standard InChI is InChI=1S/C15H16ClNO2/c16-12-6-2-3-7-13(12)17-15(18)11-9-19-14-8-4-1-5-10(11)14/h1,4-5,8-9,12-13H,2-3,6-7H2,(H,17,18). The summed E-state index contributed by atoms with van der Waals surface area (Å²) in [5.41, 5.74) is 1.32. The summed E-state index contributed by atoms with van der Waals surface area (Å²) in [6.45, 7) is 0. The Kier molecular flexibility index (Phi) is 3.47. The number of para-hydroxylation sites is 1. The van der Waals surface area contributed by atoms with Crippen LogP contribution in [0.3, 0.4) is 0 Å². The van der Waals surface area contributed by atoms with E-state index >= 15 is 0 Å². The lowest BCUT2D eigenvalue weighted by Crippen LogP contribution is -2.42. The predicted octanol–water partition coefficient (Wildman–Crippen LogP) is 3.71. The van der Waals surface area contributed by atoms with Crippen molar-refractivity contribution in [1.82, 2.24) is 5.32 Å². The molecule has 1 aromatic heterocycles. The van der Waals surface area contributed by atoms with Crippen molar-refractivity contribution in [3.8, 4) is 0 Å². The summed E-state index contributed by atoms with van der Waals surface area (Å²) < 4.78 is 5.39. The summed E-state index contributed by atoms with van der Waals surface area (Å²) in [6, 6.07) is 7.61. The zero-order valence-corrected chi connectivity index (χ0v) is 11.3. The molecule has 19 heavy (non-hydrogen) atoms. The predicted molar refractivity (Wildman–Crippen MR) is 75.6 cm³/mol. The molecule has 1 N–H and O–H groups in total. The molecule has 2 aromatic rings. The van der Waals surface area contributed by atoms with Crippen molar-refractivity contribution in [3.05, 3.63) is 36.1 Å². The van der Waals surface area contributed by atoms with Gasteiger partial charge in [0.05, 0.1) is 10.9 Å². The quantitative estimate of drug-likeness (QED) is 0.850. The second-order valence-electron chi connectivity index (χ2n) is 5.03. The maximum atomic E-state index is 12.3. The van der Waals surface area contributed by atoms with Crippen LogP contribution in [0.2, 0.25) is 0 Å². The highest BCUT2D eigenvalue weighted by molar-refractivity contribution is 6.21. The van der Waals surface area contributed by atoms with Crippen molar-refractivity contribution in [2.75, 3.05) is 0 Å². The summed E-state index contributed by atoms with van der Waals surface area (Å²) in [7, 11) is 0. The molecule has 100 valence electrons. The minimum atomic E-state index is -0.0949. The number of hydrogen-bond donors (Lipinski definition) is 1. The van der Waals surface area contributed by atoms with Gasteiger partial charge in [0.25, 0.3) is 5.91 Å². The number of halogens is 1. The summed E-state index contributed by atoms with van der Waals surface area (Å²) >= 11 is 6.27. The SMILES string of the molecule is O=C(NC1CCCCC1Cl)c1coc2ccccc12. The molecule has 1 amide bonds. The summed E-state index contributed by atoms with van der Waals surface area (Å²) in [6.07, 6.45) is 5.72. The van der Waals surface area contributed by atoms with Crippen LogP contribution in [0.1, 0.15) is 36.0 Å². The molecule has 1 saturated carbocycles. The minimum absolute atomic E-state index is 0.0378. The van der Waals surface area contributed by atoms with E-state index in [1.165, 1.54) is 6.26 Å². The van der Waals surface area contributed by atoms with Gasteiger partial charge < -0.3 is 9.73 Å². The van der Waals surface area contributed by atoms with Gasteiger partial charge >= 0.3 is 0 Å². The number of rotatable bonds is 2. The van der Waals surface area contributed by atoms with E-state index < -0.39 is 0 Å². The molecule has 3 rings (SSSR count). The molecule has 0 saturated heterocycles. The van der Waals surface area contributed by atoms with Gasteiger partial charge in [0.1, 0.15) is 11.8 Å². The van der Waals surface area contributed by atoms with Gasteiger partial charge in [-0.25, -0.2) is 0 Å². The van der Waals surface area contributed by atoms with Crippen LogP contribution in [0.5, 0.6) is 0 Å². The van der Waals surface area contributed by atoms with Gasteiger partial charge in [-0.1, -0.05) is 31.0 Å². The second-order valence-corrected chi connectivity index (χ2v) is 5.59.